The van der Waals surface area contributed by atoms with Gasteiger partial charge in [-0.25, -0.2) is 0 Å². The molecule has 0 saturated carbocycles. The van der Waals surface area contributed by atoms with Gasteiger partial charge < -0.3 is 14.4 Å². The molecule has 2 rings (SSSR count). The van der Waals surface area contributed by atoms with E-state index in [1.807, 2.05) is 31.2 Å². The van der Waals surface area contributed by atoms with Gasteiger partial charge in [-0.2, -0.15) is 0 Å². The molecule has 1 N–H and O–H groups in total. The second kappa shape index (κ2) is 6.20. The number of aliphatic hydroxyl groups is 1. The molecule has 1 unspecified atom stereocenters. The Kier molecular flexibility index (Phi) is 4.36. The average Bonchev–Trinajstić information content (AvgIpc) is 2.42. The average molecular weight is 259 g/mol. The summed E-state index contributed by atoms with van der Waals surface area (Å²) in [6.07, 6.45) is 0.886. The fraction of sp³-hybridized carbons (Fsp3) is 0.267. The number of hydrogen-bond donors (Lipinski definition) is 1. The van der Waals surface area contributed by atoms with Crippen molar-refractivity contribution in [1.82, 2.24) is 4.57 Å². The fourth-order valence-electron chi connectivity index (χ4n) is 1.94. The van der Waals surface area contributed by atoms with Crippen LogP contribution in [0.25, 0.3) is 0 Å². The number of rotatable bonds is 5. The lowest BCUT2D eigenvalue weighted by Gasteiger charge is -2.16. The van der Waals surface area contributed by atoms with E-state index >= 15 is 0 Å². The van der Waals surface area contributed by atoms with Crippen molar-refractivity contribution >= 4 is 0 Å². The van der Waals surface area contributed by atoms with E-state index in [1.54, 1.807) is 18.3 Å². The van der Waals surface area contributed by atoms with E-state index in [9.17, 15) is 9.90 Å². The van der Waals surface area contributed by atoms with E-state index in [4.69, 9.17) is 4.74 Å². The number of pyridine rings is 1. The van der Waals surface area contributed by atoms with Crippen molar-refractivity contribution in [3.05, 3.63) is 64.6 Å². The molecule has 2 aromatic rings. The summed E-state index contributed by atoms with van der Waals surface area (Å²) in [5.41, 5.74) is 0.565. The lowest BCUT2D eigenvalue weighted by atomic mass is 10.1. The van der Waals surface area contributed by atoms with Crippen LogP contribution in [0.1, 0.15) is 18.6 Å². The number of para-hydroxylation sites is 1. The van der Waals surface area contributed by atoms with Crippen LogP contribution in [-0.4, -0.2) is 16.3 Å². The van der Waals surface area contributed by atoms with Crippen molar-refractivity contribution in [2.45, 2.75) is 19.6 Å². The third kappa shape index (κ3) is 3.23. The zero-order chi connectivity index (χ0) is 13.7. The summed E-state index contributed by atoms with van der Waals surface area (Å²) < 4.78 is 6.96. The smallest absolute Gasteiger partial charge is 0.250 e. The number of benzene rings is 1. The molecule has 0 aliphatic rings. The standard InChI is InChI=1S/C15H17NO3/c1-2-19-14-8-4-3-7-12(14)13(17)11-16-10-6-5-9-15(16)18/h3-10,13,17H,2,11H2,1H3. The summed E-state index contributed by atoms with van der Waals surface area (Å²) in [5.74, 6) is 0.654. The zero-order valence-electron chi connectivity index (χ0n) is 10.8. The van der Waals surface area contributed by atoms with Crippen LogP contribution in [-0.2, 0) is 6.54 Å². The molecule has 0 spiro atoms. The molecule has 0 aliphatic heterocycles. The van der Waals surface area contributed by atoms with E-state index in [0.29, 0.717) is 17.9 Å². The highest BCUT2D eigenvalue weighted by Crippen LogP contribution is 2.25. The van der Waals surface area contributed by atoms with Gasteiger partial charge in [0.1, 0.15) is 11.9 Å². The minimum Gasteiger partial charge on any atom is -0.493 e. The number of aliphatic hydroxyl groups excluding tert-OH is 1. The Morgan fingerprint density at radius 1 is 1.21 bits per heavy atom. The van der Waals surface area contributed by atoms with Gasteiger partial charge in [-0.15, -0.1) is 0 Å². The Labute approximate surface area is 111 Å². The van der Waals surface area contributed by atoms with Crippen molar-refractivity contribution in [3.63, 3.8) is 0 Å². The van der Waals surface area contributed by atoms with Crippen LogP contribution >= 0.6 is 0 Å². The monoisotopic (exact) mass is 259 g/mol. The zero-order valence-corrected chi connectivity index (χ0v) is 10.8. The van der Waals surface area contributed by atoms with Crippen LogP contribution in [0.2, 0.25) is 0 Å². The highest BCUT2D eigenvalue weighted by Gasteiger charge is 2.13. The minimum absolute atomic E-state index is 0.129. The summed E-state index contributed by atoms with van der Waals surface area (Å²) in [4.78, 5) is 11.6. The quantitative estimate of drug-likeness (QED) is 0.893. The molecule has 4 heteroatoms. The summed E-state index contributed by atoms with van der Waals surface area (Å²) in [6, 6.07) is 12.2. The second-order valence-electron chi connectivity index (χ2n) is 4.18. The maximum Gasteiger partial charge on any atom is 0.250 e. The maximum atomic E-state index is 11.6. The van der Waals surface area contributed by atoms with Gasteiger partial charge in [0.2, 0.25) is 0 Å². The lowest BCUT2D eigenvalue weighted by Crippen LogP contribution is -2.21. The number of hydrogen-bond acceptors (Lipinski definition) is 3. The Morgan fingerprint density at radius 2 is 1.95 bits per heavy atom. The molecule has 0 radical (unpaired) electrons. The molecule has 1 aromatic carbocycles. The van der Waals surface area contributed by atoms with Gasteiger partial charge in [0.25, 0.3) is 5.56 Å². The van der Waals surface area contributed by atoms with Gasteiger partial charge in [0, 0.05) is 17.8 Å². The first-order valence-electron chi connectivity index (χ1n) is 6.27. The van der Waals surface area contributed by atoms with E-state index < -0.39 is 6.10 Å². The van der Waals surface area contributed by atoms with Crippen LogP contribution in [0.4, 0.5) is 0 Å². The molecular weight excluding hydrogens is 242 g/mol. The Hall–Kier alpha value is -2.07. The first-order chi connectivity index (χ1) is 9.22. The molecule has 0 amide bonds. The molecule has 0 bridgehead atoms. The summed E-state index contributed by atoms with van der Waals surface area (Å²) in [6.45, 7) is 2.64. The predicted molar refractivity (Wildman–Crippen MR) is 73.3 cm³/mol. The first kappa shape index (κ1) is 13.4. The van der Waals surface area contributed by atoms with Gasteiger partial charge >= 0.3 is 0 Å². The summed E-state index contributed by atoms with van der Waals surface area (Å²) in [7, 11) is 0. The van der Waals surface area contributed by atoms with E-state index in [1.165, 1.54) is 10.6 Å². The van der Waals surface area contributed by atoms with E-state index in [2.05, 4.69) is 0 Å². The molecule has 4 nitrogen and oxygen atoms in total. The third-order valence-corrected chi connectivity index (χ3v) is 2.85. The normalized spacial score (nSPS) is 12.1. The van der Waals surface area contributed by atoms with Gasteiger partial charge in [-0.3, -0.25) is 4.79 Å². The van der Waals surface area contributed by atoms with Crippen LogP contribution in [0, 0.1) is 0 Å². The second-order valence-corrected chi connectivity index (χ2v) is 4.18. The van der Waals surface area contributed by atoms with E-state index in [0.717, 1.165) is 0 Å². The maximum absolute atomic E-state index is 11.6. The Bertz CT molecular complexity index is 592. The molecular formula is C15H17NO3. The van der Waals surface area contributed by atoms with Crippen molar-refractivity contribution in [3.8, 4) is 5.75 Å². The molecule has 1 heterocycles. The molecule has 100 valence electrons. The largest absolute Gasteiger partial charge is 0.493 e. The SMILES string of the molecule is CCOc1ccccc1C(O)Cn1ccccc1=O. The van der Waals surface area contributed by atoms with Crippen molar-refractivity contribution < 1.29 is 9.84 Å². The van der Waals surface area contributed by atoms with E-state index in [-0.39, 0.29) is 12.1 Å². The van der Waals surface area contributed by atoms with Crippen molar-refractivity contribution in [2.24, 2.45) is 0 Å². The molecule has 1 atom stereocenters. The first-order valence-corrected chi connectivity index (χ1v) is 6.27. The lowest BCUT2D eigenvalue weighted by molar-refractivity contribution is 0.150. The van der Waals surface area contributed by atoms with Crippen LogP contribution in [0.5, 0.6) is 5.75 Å². The van der Waals surface area contributed by atoms with Crippen molar-refractivity contribution in [2.75, 3.05) is 6.61 Å². The predicted octanol–water partition coefficient (Wildman–Crippen LogP) is 1.98. The Morgan fingerprint density at radius 3 is 2.68 bits per heavy atom. The summed E-state index contributed by atoms with van der Waals surface area (Å²) >= 11 is 0. The topological polar surface area (TPSA) is 51.5 Å². The third-order valence-electron chi connectivity index (χ3n) is 2.85. The van der Waals surface area contributed by atoms with Crippen LogP contribution < -0.4 is 10.3 Å². The molecule has 1 aromatic heterocycles. The number of ether oxygens (including phenoxy) is 1. The summed E-state index contributed by atoms with van der Waals surface area (Å²) in [5, 5.41) is 10.3. The molecule has 0 aliphatic carbocycles. The molecule has 0 saturated heterocycles. The number of nitrogens with zero attached hydrogens (tertiary/aromatic N) is 1. The van der Waals surface area contributed by atoms with Gasteiger partial charge in [-0.1, -0.05) is 24.3 Å². The van der Waals surface area contributed by atoms with Crippen LogP contribution in [0.3, 0.4) is 0 Å². The van der Waals surface area contributed by atoms with Gasteiger partial charge in [0.05, 0.1) is 13.2 Å². The van der Waals surface area contributed by atoms with Crippen molar-refractivity contribution in [1.29, 1.82) is 0 Å². The number of aromatic nitrogens is 1. The highest BCUT2D eigenvalue weighted by atomic mass is 16.5. The Balaban J connectivity index is 2.23. The fourth-order valence-corrected chi connectivity index (χ4v) is 1.94. The molecule has 19 heavy (non-hydrogen) atoms. The van der Waals surface area contributed by atoms with Gasteiger partial charge in [0.15, 0.2) is 0 Å². The molecule has 0 fully saturated rings. The van der Waals surface area contributed by atoms with Gasteiger partial charge in [-0.05, 0) is 19.1 Å². The minimum atomic E-state index is -0.775. The van der Waals surface area contributed by atoms with Crippen LogP contribution in [0.15, 0.2) is 53.5 Å². The highest BCUT2D eigenvalue weighted by molar-refractivity contribution is 5.35.